The Kier molecular flexibility index (Phi) is 4.20. The van der Waals surface area contributed by atoms with E-state index in [9.17, 15) is 8.22 Å². The molecule has 0 amide bonds. The molecule has 0 aliphatic rings. The minimum absolute atomic E-state index is 0.0123. The fraction of sp³-hybridized carbons (Fsp3) is 0.833. The summed E-state index contributed by atoms with van der Waals surface area (Å²) in [5.41, 5.74) is 0. The summed E-state index contributed by atoms with van der Waals surface area (Å²) >= 11 is 0. The molecule has 0 unspecified atom stereocenters. The van der Waals surface area contributed by atoms with Crippen LogP contribution in [-0.2, 0) is 0 Å². The molecule has 0 rings (SSSR count). The van der Waals surface area contributed by atoms with E-state index in [1.807, 2.05) is 6.07 Å². The van der Waals surface area contributed by atoms with Crippen molar-refractivity contribution in [3.8, 4) is 6.07 Å². The molecular weight excluding hydrogens is 152 g/mol. The maximum Gasteiger partial charge on any atom is 0.424 e. The quantitative estimate of drug-likeness (QED) is 0.355. The van der Waals surface area contributed by atoms with Crippen LogP contribution in [0.5, 0.6) is 0 Å². The zero-order chi connectivity index (χ0) is 8.04. The average Bonchev–Trinajstić information content (AvgIpc) is 1.89. The number of halogens is 2. The summed E-state index contributed by atoms with van der Waals surface area (Å²) in [6, 6.07) is 1.85. The lowest BCUT2D eigenvalue weighted by Crippen LogP contribution is -2.19. The molecule has 4 heteroatoms. The van der Waals surface area contributed by atoms with Gasteiger partial charge in [-0.25, -0.2) is 0 Å². The van der Waals surface area contributed by atoms with E-state index >= 15 is 0 Å². The number of nitrogens with zero attached hydrogens (tertiary/aromatic N) is 1. The Morgan fingerprint density at radius 3 is 2.50 bits per heavy atom. The molecule has 0 atom stereocenters. The molecule has 0 radical (unpaired) electrons. The fourth-order valence-corrected chi connectivity index (χ4v) is 1.65. The molecule has 58 valence electrons. The van der Waals surface area contributed by atoms with Gasteiger partial charge in [-0.1, -0.05) is 6.92 Å². The normalized spacial score (nSPS) is 11.0. The molecule has 0 saturated heterocycles. The van der Waals surface area contributed by atoms with Gasteiger partial charge in [-0.3, -0.25) is 8.22 Å². The van der Waals surface area contributed by atoms with E-state index in [1.165, 1.54) is 6.92 Å². The summed E-state index contributed by atoms with van der Waals surface area (Å²) in [5, 5.41) is 8.06. The highest BCUT2D eigenvalue weighted by molar-refractivity contribution is 6.65. The molecule has 0 aromatic rings. The minimum Gasteiger partial charge on any atom is -0.270 e. The van der Waals surface area contributed by atoms with Crippen molar-refractivity contribution >= 4 is 8.74 Å². The second kappa shape index (κ2) is 4.39. The van der Waals surface area contributed by atoms with E-state index in [4.69, 9.17) is 5.26 Å². The van der Waals surface area contributed by atoms with Crippen molar-refractivity contribution in [2.24, 2.45) is 0 Å². The van der Waals surface area contributed by atoms with Gasteiger partial charge in [-0.2, -0.15) is 5.26 Å². The Morgan fingerprint density at radius 1 is 1.50 bits per heavy atom. The topological polar surface area (TPSA) is 23.8 Å². The van der Waals surface area contributed by atoms with Gasteiger partial charge in [0, 0.05) is 6.42 Å². The molecule has 0 fully saturated rings. The van der Waals surface area contributed by atoms with Crippen LogP contribution in [-0.4, -0.2) is 8.74 Å². The molecule has 0 heterocycles. The van der Waals surface area contributed by atoms with Crippen LogP contribution in [0.15, 0.2) is 0 Å². The van der Waals surface area contributed by atoms with Crippen molar-refractivity contribution in [2.45, 2.75) is 31.9 Å². The molecule has 0 aromatic carbocycles. The molecular formula is C6H11F2NSi. The summed E-state index contributed by atoms with van der Waals surface area (Å²) in [5.74, 6) is 0. The predicted molar refractivity (Wildman–Crippen MR) is 38.1 cm³/mol. The van der Waals surface area contributed by atoms with Gasteiger partial charge < -0.3 is 0 Å². The van der Waals surface area contributed by atoms with Gasteiger partial charge in [-0.15, -0.1) is 0 Å². The molecule has 0 aliphatic carbocycles. The van der Waals surface area contributed by atoms with Crippen LogP contribution in [0.25, 0.3) is 0 Å². The molecule has 0 aromatic heterocycles. The number of hydrogen-bond donors (Lipinski definition) is 0. The van der Waals surface area contributed by atoms with Crippen molar-refractivity contribution in [3.05, 3.63) is 0 Å². The smallest absolute Gasteiger partial charge is 0.270 e. The second-order valence-corrected chi connectivity index (χ2v) is 5.14. The van der Waals surface area contributed by atoms with Gasteiger partial charge in [0.05, 0.1) is 6.07 Å². The predicted octanol–water partition coefficient (Wildman–Crippen LogP) is 2.69. The van der Waals surface area contributed by atoms with Gasteiger partial charge in [0.1, 0.15) is 0 Å². The lowest BCUT2D eigenvalue weighted by molar-refractivity contribution is 0.583. The van der Waals surface area contributed by atoms with E-state index in [2.05, 4.69) is 0 Å². The lowest BCUT2D eigenvalue weighted by Gasteiger charge is -2.07. The molecule has 0 bridgehead atoms. The number of rotatable bonds is 4. The fourth-order valence-electron chi connectivity index (χ4n) is 0.603. The molecule has 1 nitrogen and oxygen atoms in total. The molecule has 0 aliphatic heterocycles. The molecule has 0 spiro atoms. The summed E-state index contributed by atoms with van der Waals surface area (Å²) in [6.07, 6.45) is 0.631. The highest BCUT2D eigenvalue weighted by atomic mass is 28.4. The highest BCUT2D eigenvalue weighted by Gasteiger charge is 2.31. The van der Waals surface area contributed by atoms with E-state index in [0.29, 0.717) is 6.42 Å². The van der Waals surface area contributed by atoms with Gasteiger partial charge >= 0.3 is 8.74 Å². The first-order valence-corrected chi connectivity index (χ1v) is 5.54. The lowest BCUT2D eigenvalue weighted by atomic mass is 10.4. The van der Waals surface area contributed by atoms with Crippen LogP contribution in [0.2, 0.25) is 12.1 Å². The maximum absolute atomic E-state index is 12.5. The summed E-state index contributed by atoms with van der Waals surface area (Å²) < 4.78 is 25.0. The number of nitriles is 1. The molecule has 0 N–H and O–H groups in total. The molecule has 0 saturated carbocycles. The van der Waals surface area contributed by atoms with E-state index in [-0.39, 0.29) is 18.5 Å². The van der Waals surface area contributed by atoms with Gasteiger partial charge in [0.15, 0.2) is 0 Å². The highest BCUT2D eigenvalue weighted by Crippen LogP contribution is 2.20. The van der Waals surface area contributed by atoms with Crippen LogP contribution >= 0.6 is 0 Å². The second-order valence-electron chi connectivity index (χ2n) is 2.22. The Labute approximate surface area is 61.0 Å². The van der Waals surface area contributed by atoms with Crippen LogP contribution in [0, 0.1) is 11.3 Å². The number of hydrogen-bond acceptors (Lipinski definition) is 1. The first kappa shape index (κ1) is 9.57. The van der Waals surface area contributed by atoms with Crippen LogP contribution < -0.4 is 0 Å². The standard InChI is InChI=1S/C6H11F2NSi/c1-2-10(7,8)6-4-3-5-9/h2-4,6H2,1H3. The van der Waals surface area contributed by atoms with E-state index < -0.39 is 8.74 Å². The van der Waals surface area contributed by atoms with Crippen molar-refractivity contribution in [3.63, 3.8) is 0 Å². The molecule has 10 heavy (non-hydrogen) atoms. The summed E-state index contributed by atoms with van der Waals surface area (Å²) in [4.78, 5) is 0. The monoisotopic (exact) mass is 163 g/mol. The minimum atomic E-state index is -3.87. The summed E-state index contributed by atoms with van der Waals surface area (Å²) in [6.45, 7) is 1.51. The van der Waals surface area contributed by atoms with Crippen molar-refractivity contribution in [1.82, 2.24) is 0 Å². The third kappa shape index (κ3) is 4.45. The van der Waals surface area contributed by atoms with Crippen molar-refractivity contribution in [1.29, 1.82) is 5.26 Å². The Hall–Kier alpha value is -0.433. The average molecular weight is 163 g/mol. The zero-order valence-electron chi connectivity index (χ0n) is 6.03. The first-order chi connectivity index (χ1) is 4.62. The Morgan fingerprint density at radius 2 is 2.10 bits per heavy atom. The Bertz CT molecular complexity index is 130. The number of unbranched alkanes of at least 4 members (excludes halogenated alkanes) is 1. The van der Waals surface area contributed by atoms with Crippen LogP contribution in [0.1, 0.15) is 19.8 Å². The SMILES string of the molecule is CC[Si](F)(F)CCCC#N. The first-order valence-electron chi connectivity index (χ1n) is 3.37. The van der Waals surface area contributed by atoms with Crippen molar-refractivity contribution in [2.75, 3.05) is 0 Å². The van der Waals surface area contributed by atoms with Crippen LogP contribution in [0.4, 0.5) is 8.22 Å². The van der Waals surface area contributed by atoms with Crippen molar-refractivity contribution < 1.29 is 8.22 Å². The third-order valence-electron chi connectivity index (χ3n) is 1.35. The van der Waals surface area contributed by atoms with E-state index in [0.717, 1.165) is 0 Å². The Balaban J connectivity index is 3.39. The zero-order valence-corrected chi connectivity index (χ0v) is 7.03. The third-order valence-corrected chi connectivity index (χ3v) is 3.47. The van der Waals surface area contributed by atoms with Gasteiger partial charge in [0.2, 0.25) is 0 Å². The van der Waals surface area contributed by atoms with E-state index in [1.54, 1.807) is 0 Å². The largest absolute Gasteiger partial charge is 0.424 e. The maximum atomic E-state index is 12.5. The summed E-state index contributed by atoms with van der Waals surface area (Å²) in [7, 11) is -3.87. The van der Waals surface area contributed by atoms with Gasteiger partial charge in [0.25, 0.3) is 0 Å². The van der Waals surface area contributed by atoms with Gasteiger partial charge in [-0.05, 0) is 18.5 Å². The van der Waals surface area contributed by atoms with Crippen LogP contribution in [0.3, 0.4) is 0 Å².